The summed E-state index contributed by atoms with van der Waals surface area (Å²) in [5.74, 6) is -5.43. The van der Waals surface area contributed by atoms with Crippen molar-refractivity contribution in [1.82, 2.24) is 10.3 Å². The number of carboxylic acids is 1. The molecule has 138 valence electrons. The standard InChI is InChI=1S/C16H12F4N2O4/c1-5(17)9-6(2-21-3-7(9)18)10-11-8(4-26-16(11)25)22-13(14(19)20)12(10)15(23)24/h2-3,5,10,14,22H,4H2,1H3,(H,23,24)/t5-,10+/m0/s1. The molecule has 1 aromatic heterocycles. The summed E-state index contributed by atoms with van der Waals surface area (Å²) in [6, 6.07) is 0. The first-order valence-electron chi connectivity index (χ1n) is 7.44. The number of carbonyl (C=O) groups is 2. The summed E-state index contributed by atoms with van der Waals surface area (Å²) < 4.78 is 59.8. The molecule has 0 saturated carbocycles. The molecule has 6 nitrogen and oxygen atoms in total. The minimum absolute atomic E-state index is 0.0676. The third-order valence-electron chi connectivity index (χ3n) is 4.17. The van der Waals surface area contributed by atoms with Gasteiger partial charge in [-0.05, 0) is 12.5 Å². The molecule has 26 heavy (non-hydrogen) atoms. The van der Waals surface area contributed by atoms with Crippen molar-refractivity contribution in [2.24, 2.45) is 0 Å². The molecule has 0 bridgehead atoms. The van der Waals surface area contributed by atoms with Gasteiger partial charge in [0.05, 0.1) is 34.7 Å². The Morgan fingerprint density at radius 1 is 1.38 bits per heavy atom. The zero-order chi connectivity index (χ0) is 19.2. The average Bonchev–Trinajstić information content (AvgIpc) is 2.93. The number of allylic oxidation sites excluding steroid dienone is 1. The Labute approximate surface area is 144 Å². The van der Waals surface area contributed by atoms with Gasteiger partial charge in [-0.15, -0.1) is 0 Å². The second-order valence-electron chi connectivity index (χ2n) is 5.70. The summed E-state index contributed by atoms with van der Waals surface area (Å²) in [6.07, 6.45) is -3.43. The van der Waals surface area contributed by atoms with Crippen molar-refractivity contribution in [3.8, 4) is 0 Å². The number of dihydropyridines is 1. The molecule has 1 aromatic rings. The van der Waals surface area contributed by atoms with E-state index < -0.39 is 53.1 Å². The van der Waals surface area contributed by atoms with Gasteiger partial charge in [0.2, 0.25) is 0 Å². The maximum atomic E-state index is 14.1. The SMILES string of the molecule is C[C@H](F)c1c(F)cncc1[C@@H]1C2=C(COC2=O)NC(C(F)F)=C1C(=O)O. The van der Waals surface area contributed by atoms with Crippen molar-refractivity contribution >= 4 is 11.9 Å². The summed E-state index contributed by atoms with van der Waals surface area (Å²) >= 11 is 0. The van der Waals surface area contributed by atoms with Crippen LogP contribution in [0, 0.1) is 5.82 Å². The lowest BCUT2D eigenvalue weighted by atomic mass is 9.79. The highest BCUT2D eigenvalue weighted by atomic mass is 19.3. The van der Waals surface area contributed by atoms with E-state index in [0.717, 1.165) is 19.3 Å². The van der Waals surface area contributed by atoms with E-state index in [0.29, 0.717) is 0 Å². The van der Waals surface area contributed by atoms with Crippen LogP contribution in [0.4, 0.5) is 17.6 Å². The number of hydrogen-bond acceptors (Lipinski definition) is 5. The molecule has 0 unspecified atom stereocenters. The highest BCUT2D eigenvalue weighted by molar-refractivity contribution is 6.00. The Morgan fingerprint density at radius 2 is 2.08 bits per heavy atom. The highest BCUT2D eigenvalue weighted by Crippen LogP contribution is 2.44. The Hall–Kier alpha value is -2.91. The number of ether oxygens (including phenoxy) is 1. The first-order chi connectivity index (χ1) is 12.2. The highest BCUT2D eigenvalue weighted by Gasteiger charge is 2.45. The number of nitrogens with one attached hydrogen (secondary N) is 1. The van der Waals surface area contributed by atoms with Gasteiger partial charge in [0, 0.05) is 11.8 Å². The lowest BCUT2D eigenvalue weighted by Gasteiger charge is -2.29. The van der Waals surface area contributed by atoms with Crippen LogP contribution >= 0.6 is 0 Å². The quantitative estimate of drug-likeness (QED) is 0.623. The zero-order valence-corrected chi connectivity index (χ0v) is 13.2. The largest absolute Gasteiger partial charge is 0.478 e. The second-order valence-corrected chi connectivity index (χ2v) is 5.70. The number of cyclic esters (lactones) is 1. The van der Waals surface area contributed by atoms with Gasteiger partial charge >= 0.3 is 11.9 Å². The number of nitrogens with zero attached hydrogens (tertiary/aromatic N) is 1. The molecule has 2 aliphatic rings. The van der Waals surface area contributed by atoms with Crippen LogP contribution in [0.3, 0.4) is 0 Å². The number of alkyl halides is 3. The molecule has 3 rings (SSSR count). The van der Waals surface area contributed by atoms with Gasteiger partial charge in [0.1, 0.15) is 18.6 Å². The number of hydrogen-bond donors (Lipinski definition) is 2. The van der Waals surface area contributed by atoms with E-state index in [9.17, 15) is 32.3 Å². The van der Waals surface area contributed by atoms with E-state index in [-0.39, 0.29) is 23.4 Å². The molecule has 2 atom stereocenters. The first kappa shape index (κ1) is 17.9. The minimum Gasteiger partial charge on any atom is -0.478 e. The maximum Gasteiger partial charge on any atom is 0.337 e. The van der Waals surface area contributed by atoms with E-state index in [4.69, 9.17) is 4.74 Å². The average molecular weight is 372 g/mol. The van der Waals surface area contributed by atoms with Gasteiger partial charge < -0.3 is 15.2 Å². The summed E-state index contributed by atoms with van der Waals surface area (Å²) in [5.41, 5.74) is -3.05. The van der Waals surface area contributed by atoms with Crippen molar-refractivity contribution in [2.45, 2.75) is 25.4 Å². The van der Waals surface area contributed by atoms with Crippen molar-refractivity contribution in [1.29, 1.82) is 0 Å². The summed E-state index contributed by atoms with van der Waals surface area (Å²) in [7, 11) is 0. The summed E-state index contributed by atoms with van der Waals surface area (Å²) in [6.45, 7) is 0.625. The predicted molar refractivity (Wildman–Crippen MR) is 78.2 cm³/mol. The molecule has 2 N–H and O–H groups in total. The Balaban J connectivity index is 2.33. The van der Waals surface area contributed by atoms with Crippen LogP contribution < -0.4 is 5.32 Å². The lowest BCUT2D eigenvalue weighted by molar-refractivity contribution is -0.136. The van der Waals surface area contributed by atoms with Crippen LogP contribution in [0.2, 0.25) is 0 Å². The maximum absolute atomic E-state index is 14.1. The molecule has 0 aromatic carbocycles. The Morgan fingerprint density at radius 3 is 2.65 bits per heavy atom. The van der Waals surface area contributed by atoms with Crippen molar-refractivity contribution in [3.05, 3.63) is 51.9 Å². The molecule has 2 aliphatic heterocycles. The fourth-order valence-corrected chi connectivity index (χ4v) is 3.17. The third-order valence-corrected chi connectivity index (χ3v) is 4.17. The van der Waals surface area contributed by atoms with Gasteiger partial charge in [0.15, 0.2) is 0 Å². The lowest BCUT2D eigenvalue weighted by Crippen LogP contribution is -2.33. The fraction of sp³-hybridized carbons (Fsp3) is 0.312. The monoisotopic (exact) mass is 372 g/mol. The van der Waals surface area contributed by atoms with Crippen molar-refractivity contribution in [3.63, 3.8) is 0 Å². The molecular formula is C16H12F4N2O4. The second kappa shape index (κ2) is 6.43. The summed E-state index contributed by atoms with van der Waals surface area (Å²) in [4.78, 5) is 27.3. The van der Waals surface area contributed by atoms with Gasteiger partial charge in [-0.2, -0.15) is 0 Å². The number of carboxylic acid groups (broad SMARTS) is 1. The number of aromatic nitrogens is 1. The van der Waals surface area contributed by atoms with Crippen LogP contribution in [0.1, 0.15) is 30.1 Å². The zero-order valence-electron chi connectivity index (χ0n) is 13.2. The van der Waals surface area contributed by atoms with Gasteiger partial charge in [-0.25, -0.2) is 27.2 Å². The van der Waals surface area contributed by atoms with Crippen LogP contribution in [0.25, 0.3) is 0 Å². The number of carbonyl (C=O) groups excluding carboxylic acids is 1. The van der Waals surface area contributed by atoms with Crippen molar-refractivity contribution in [2.75, 3.05) is 6.61 Å². The molecule has 0 aliphatic carbocycles. The molecule has 0 spiro atoms. The number of esters is 1. The van der Waals surface area contributed by atoms with E-state index >= 15 is 0 Å². The third kappa shape index (κ3) is 2.71. The topological polar surface area (TPSA) is 88.5 Å². The molecule has 0 fully saturated rings. The molecule has 0 amide bonds. The number of pyridine rings is 1. The molecule has 10 heteroatoms. The van der Waals surface area contributed by atoms with Gasteiger partial charge in [0.25, 0.3) is 6.43 Å². The van der Waals surface area contributed by atoms with Crippen LogP contribution in [0.15, 0.2) is 34.9 Å². The first-order valence-corrected chi connectivity index (χ1v) is 7.44. The Bertz CT molecular complexity index is 864. The van der Waals surface area contributed by atoms with E-state index in [1.165, 1.54) is 0 Å². The molecule has 0 radical (unpaired) electrons. The predicted octanol–water partition coefficient (Wildman–Crippen LogP) is 2.35. The van der Waals surface area contributed by atoms with Gasteiger partial charge in [-0.3, -0.25) is 4.98 Å². The van der Waals surface area contributed by atoms with E-state index in [1.54, 1.807) is 0 Å². The van der Waals surface area contributed by atoms with Crippen LogP contribution in [-0.2, 0) is 14.3 Å². The summed E-state index contributed by atoms with van der Waals surface area (Å²) in [5, 5.41) is 11.7. The van der Waals surface area contributed by atoms with E-state index in [2.05, 4.69) is 10.3 Å². The van der Waals surface area contributed by atoms with E-state index in [1.807, 2.05) is 0 Å². The normalized spacial score (nSPS) is 20.8. The molecule has 3 heterocycles. The number of rotatable bonds is 4. The van der Waals surface area contributed by atoms with Gasteiger partial charge in [-0.1, -0.05) is 0 Å². The van der Waals surface area contributed by atoms with Crippen molar-refractivity contribution < 1.29 is 37.0 Å². The minimum atomic E-state index is -3.22. The smallest absolute Gasteiger partial charge is 0.337 e. The molecule has 0 saturated heterocycles. The number of halogens is 4. The molecular weight excluding hydrogens is 360 g/mol. The van der Waals surface area contributed by atoms with Crippen LogP contribution in [0.5, 0.6) is 0 Å². The Kier molecular flexibility index (Phi) is 4.43. The van der Waals surface area contributed by atoms with Crippen LogP contribution in [-0.4, -0.2) is 35.1 Å². The fourth-order valence-electron chi connectivity index (χ4n) is 3.17. The number of aliphatic carboxylic acids is 1.